The smallest absolute Gasteiger partial charge is 0.225 e. The van der Waals surface area contributed by atoms with Crippen molar-refractivity contribution in [2.75, 3.05) is 19.6 Å². The summed E-state index contributed by atoms with van der Waals surface area (Å²) in [6.07, 6.45) is 10.1. The molecule has 5 rings (SSSR count). The number of piperidine rings is 1. The fourth-order valence-corrected chi connectivity index (χ4v) is 5.59. The number of nitrogens with zero attached hydrogens (tertiary/aromatic N) is 4. The molecule has 0 spiro atoms. The zero-order valence-electron chi connectivity index (χ0n) is 15.7. The van der Waals surface area contributed by atoms with E-state index in [1.54, 1.807) is 0 Å². The maximum absolute atomic E-state index is 12.9. The van der Waals surface area contributed by atoms with Crippen LogP contribution in [-0.2, 0) is 17.9 Å². The van der Waals surface area contributed by atoms with Crippen molar-refractivity contribution in [3.05, 3.63) is 11.6 Å². The van der Waals surface area contributed by atoms with E-state index >= 15 is 0 Å². The molecule has 1 aromatic heterocycles. The van der Waals surface area contributed by atoms with E-state index in [4.69, 9.17) is 0 Å². The number of nitrogens with one attached hydrogen (secondary N) is 1. The van der Waals surface area contributed by atoms with Crippen LogP contribution in [0.25, 0.3) is 0 Å². The monoisotopic (exact) mass is 357 g/mol. The molecule has 0 aromatic carbocycles. The number of rotatable bonds is 3. The Balaban J connectivity index is 1.16. The Morgan fingerprint density at radius 1 is 1.00 bits per heavy atom. The van der Waals surface area contributed by atoms with Crippen molar-refractivity contribution in [1.82, 2.24) is 25.0 Å². The van der Waals surface area contributed by atoms with Gasteiger partial charge in [0.05, 0.1) is 6.54 Å². The molecule has 4 aliphatic rings. The largest absolute Gasteiger partial charge is 0.342 e. The highest BCUT2D eigenvalue weighted by Crippen LogP contribution is 2.50. The molecular formula is C20H31N5O. The maximum Gasteiger partial charge on any atom is 0.225 e. The molecule has 0 bridgehead atoms. The van der Waals surface area contributed by atoms with Gasteiger partial charge in [0.15, 0.2) is 0 Å². The maximum atomic E-state index is 12.9. The van der Waals surface area contributed by atoms with Crippen molar-refractivity contribution < 1.29 is 4.79 Å². The second kappa shape index (κ2) is 6.95. The van der Waals surface area contributed by atoms with Gasteiger partial charge in [0.25, 0.3) is 0 Å². The Morgan fingerprint density at radius 2 is 1.81 bits per heavy atom. The molecule has 3 heterocycles. The van der Waals surface area contributed by atoms with Crippen molar-refractivity contribution in [3.63, 3.8) is 0 Å². The lowest BCUT2D eigenvalue weighted by molar-refractivity contribution is -0.134. The third-order valence-electron chi connectivity index (χ3n) is 7.24. The van der Waals surface area contributed by atoms with Crippen molar-refractivity contribution in [3.8, 4) is 0 Å². The molecule has 6 heteroatoms. The van der Waals surface area contributed by atoms with Crippen molar-refractivity contribution in [2.45, 2.75) is 70.4 Å². The summed E-state index contributed by atoms with van der Waals surface area (Å²) >= 11 is 0. The second-order valence-electron chi connectivity index (χ2n) is 8.81. The normalized spacial score (nSPS) is 30.2. The van der Waals surface area contributed by atoms with Gasteiger partial charge in [0.1, 0.15) is 11.6 Å². The van der Waals surface area contributed by atoms with Crippen LogP contribution in [0.1, 0.15) is 68.9 Å². The van der Waals surface area contributed by atoms with Crippen molar-refractivity contribution >= 4 is 5.91 Å². The molecule has 2 aliphatic carbocycles. The van der Waals surface area contributed by atoms with Crippen molar-refractivity contribution in [1.29, 1.82) is 0 Å². The number of aromatic nitrogens is 3. The van der Waals surface area contributed by atoms with Crippen molar-refractivity contribution in [2.24, 2.45) is 17.8 Å². The molecule has 2 saturated carbocycles. The van der Waals surface area contributed by atoms with Gasteiger partial charge in [-0.3, -0.25) is 4.79 Å². The molecule has 2 atom stereocenters. The van der Waals surface area contributed by atoms with E-state index in [2.05, 4.69) is 25.0 Å². The van der Waals surface area contributed by atoms with E-state index in [0.29, 0.717) is 23.7 Å². The van der Waals surface area contributed by atoms with Gasteiger partial charge >= 0.3 is 0 Å². The summed E-state index contributed by atoms with van der Waals surface area (Å²) in [4.78, 5) is 15.1. The molecule has 3 fully saturated rings. The summed E-state index contributed by atoms with van der Waals surface area (Å²) in [6.45, 7) is 4.60. The molecule has 1 N–H and O–H groups in total. The average Bonchev–Trinajstić information content (AvgIpc) is 3.40. The van der Waals surface area contributed by atoms with Crippen LogP contribution in [-0.4, -0.2) is 45.2 Å². The average molecular weight is 358 g/mol. The number of carbonyl (C=O) groups is 1. The molecule has 142 valence electrons. The van der Waals surface area contributed by atoms with E-state index in [0.717, 1.165) is 69.6 Å². The summed E-state index contributed by atoms with van der Waals surface area (Å²) in [7, 11) is 0. The SMILES string of the molecule is O=C(C1CC1C1CCCCC1)N1CCC(c2nnc3n2CCNC3)CC1. The Bertz CT molecular complexity index is 657. The van der Waals surface area contributed by atoms with Crippen LogP contribution in [0, 0.1) is 17.8 Å². The first-order valence-electron chi connectivity index (χ1n) is 10.7. The second-order valence-corrected chi connectivity index (χ2v) is 8.81. The zero-order valence-corrected chi connectivity index (χ0v) is 15.7. The Kier molecular flexibility index (Phi) is 4.47. The van der Waals surface area contributed by atoms with Crippen LogP contribution in [0.2, 0.25) is 0 Å². The van der Waals surface area contributed by atoms with E-state index < -0.39 is 0 Å². The minimum Gasteiger partial charge on any atom is -0.342 e. The van der Waals surface area contributed by atoms with Crippen LogP contribution < -0.4 is 5.32 Å². The van der Waals surface area contributed by atoms with Gasteiger partial charge in [0.2, 0.25) is 5.91 Å². The van der Waals surface area contributed by atoms with Gasteiger partial charge in [0, 0.05) is 38.0 Å². The third-order valence-corrected chi connectivity index (χ3v) is 7.24. The molecule has 2 aliphatic heterocycles. The number of hydrogen-bond donors (Lipinski definition) is 1. The summed E-state index contributed by atoms with van der Waals surface area (Å²) < 4.78 is 2.30. The molecular weight excluding hydrogens is 326 g/mol. The number of fused-ring (bicyclic) bond motifs is 1. The predicted molar refractivity (Wildman–Crippen MR) is 98.5 cm³/mol. The first kappa shape index (κ1) is 16.7. The van der Waals surface area contributed by atoms with Gasteiger partial charge in [-0.2, -0.15) is 0 Å². The highest BCUT2D eigenvalue weighted by Gasteiger charge is 2.49. The Morgan fingerprint density at radius 3 is 2.62 bits per heavy atom. The fourth-order valence-electron chi connectivity index (χ4n) is 5.59. The standard InChI is InChI=1S/C20H31N5O/c26-20(17-12-16(17)14-4-2-1-3-5-14)24-9-6-15(7-10-24)19-23-22-18-13-21-8-11-25(18)19/h14-17,21H,1-13H2. The van der Waals surface area contributed by atoms with E-state index in [-0.39, 0.29) is 0 Å². The van der Waals surface area contributed by atoms with Gasteiger partial charge in [-0.25, -0.2) is 0 Å². The van der Waals surface area contributed by atoms with Gasteiger partial charge < -0.3 is 14.8 Å². The fraction of sp³-hybridized carbons (Fsp3) is 0.850. The summed E-state index contributed by atoms with van der Waals surface area (Å²) in [5, 5.41) is 12.2. The Labute approximate surface area is 155 Å². The molecule has 0 radical (unpaired) electrons. The first-order chi connectivity index (χ1) is 12.8. The molecule has 1 aromatic rings. The predicted octanol–water partition coefficient (Wildman–Crippen LogP) is 2.30. The highest BCUT2D eigenvalue weighted by molar-refractivity contribution is 5.81. The van der Waals surface area contributed by atoms with Crippen LogP contribution >= 0.6 is 0 Å². The third kappa shape index (κ3) is 3.06. The van der Waals surface area contributed by atoms with Gasteiger partial charge in [-0.1, -0.05) is 32.1 Å². The number of carbonyl (C=O) groups excluding carboxylic acids is 1. The summed E-state index contributed by atoms with van der Waals surface area (Å²) in [6, 6.07) is 0. The van der Waals surface area contributed by atoms with Crippen LogP contribution in [0.15, 0.2) is 0 Å². The quantitative estimate of drug-likeness (QED) is 0.902. The van der Waals surface area contributed by atoms with Crippen LogP contribution in [0.3, 0.4) is 0 Å². The van der Waals surface area contributed by atoms with Crippen LogP contribution in [0.5, 0.6) is 0 Å². The minimum atomic E-state index is 0.349. The minimum absolute atomic E-state index is 0.349. The number of amides is 1. The van der Waals surface area contributed by atoms with E-state index in [1.165, 1.54) is 32.1 Å². The topological polar surface area (TPSA) is 63.1 Å². The zero-order chi connectivity index (χ0) is 17.5. The summed E-state index contributed by atoms with van der Waals surface area (Å²) in [5.74, 6) is 5.03. The number of likely N-dealkylation sites (tertiary alicyclic amines) is 1. The Hall–Kier alpha value is -1.43. The lowest BCUT2D eigenvalue weighted by Gasteiger charge is -2.32. The van der Waals surface area contributed by atoms with E-state index in [1.807, 2.05) is 0 Å². The molecule has 2 unspecified atom stereocenters. The molecule has 1 amide bonds. The molecule has 26 heavy (non-hydrogen) atoms. The van der Waals surface area contributed by atoms with Gasteiger partial charge in [-0.05, 0) is 31.1 Å². The first-order valence-corrected chi connectivity index (χ1v) is 10.7. The highest BCUT2D eigenvalue weighted by atomic mass is 16.2. The number of hydrogen-bond acceptors (Lipinski definition) is 4. The lowest BCUT2D eigenvalue weighted by atomic mass is 9.85. The van der Waals surface area contributed by atoms with Gasteiger partial charge in [-0.15, -0.1) is 10.2 Å². The molecule has 6 nitrogen and oxygen atoms in total. The lowest BCUT2D eigenvalue weighted by Crippen LogP contribution is -2.40. The van der Waals surface area contributed by atoms with Crippen LogP contribution in [0.4, 0.5) is 0 Å². The van der Waals surface area contributed by atoms with E-state index in [9.17, 15) is 4.79 Å². The molecule has 1 saturated heterocycles. The summed E-state index contributed by atoms with van der Waals surface area (Å²) in [5.41, 5.74) is 0.